The minimum absolute atomic E-state index is 0.583. The molecule has 0 spiro atoms. The lowest BCUT2D eigenvalue weighted by Gasteiger charge is -2.31. The van der Waals surface area contributed by atoms with Gasteiger partial charge in [-0.2, -0.15) is 5.10 Å². The summed E-state index contributed by atoms with van der Waals surface area (Å²) in [5.74, 6) is 1.33. The lowest BCUT2D eigenvalue weighted by molar-refractivity contribution is 0.137. The first-order valence-electron chi connectivity index (χ1n) is 8.14. The van der Waals surface area contributed by atoms with Crippen molar-refractivity contribution < 1.29 is 4.74 Å². The van der Waals surface area contributed by atoms with E-state index in [-0.39, 0.29) is 0 Å². The molecule has 1 saturated heterocycles. The number of pyridine rings is 1. The normalized spacial score (nSPS) is 16.6. The van der Waals surface area contributed by atoms with Crippen molar-refractivity contribution in [3.63, 3.8) is 0 Å². The molecule has 0 unspecified atom stereocenters. The van der Waals surface area contributed by atoms with Gasteiger partial charge in [0.25, 0.3) is 0 Å². The Labute approximate surface area is 142 Å². The zero-order chi connectivity index (χ0) is 16.1. The third-order valence-corrected chi connectivity index (χ3v) is 4.61. The van der Waals surface area contributed by atoms with Crippen LogP contribution in [0.5, 0.6) is 5.75 Å². The van der Waals surface area contributed by atoms with Crippen LogP contribution in [0.2, 0.25) is 5.02 Å². The van der Waals surface area contributed by atoms with Crippen molar-refractivity contribution in [1.29, 1.82) is 0 Å². The standard InChI is InChI=1S/C17H23ClN4O/c1-14-10-20-22(12-14)9-8-21-6-3-15(4-7-21)13-23-17-2-5-19-11-16(17)18/h2,5,10-12,15H,3-4,6-9,13H2,1H3. The molecule has 1 aliphatic heterocycles. The molecule has 2 aromatic rings. The molecular formula is C17H23ClN4O. The number of nitrogens with zero attached hydrogens (tertiary/aromatic N) is 4. The minimum Gasteiger partial charge on any atom is -0.492 e. The van der Waals surface area contributed by atoms with Crippen LogP contribution >= 0.6 is 11.6 Å². The van der Waals surface area contributed by atoms with Crippen molar-refractivity contribution in [2.75, 3.05) is 26.2 Å². The fourth-order valence-corrected chi connectivity index (χ4v) is 3.07. The molecule has 1 fully saturated rings. The summed E-state index contributed by atoms with van der Waals surface area (Å²) in [6, 6.07) is 1.82. The highest BCUT2D eigenvalue weighted by molar-refractivity contribution is 6.31. The van der Waals surface area contributed by atoms with E-state index < -0.39 is 0 Å². The van der Waals surface area contributed by atoms with E-state index in [2.05, 4.69) is 28.1 Å². The molecule has 0 aliphatic carbocycles. The maximum atomic E-state index is 6.06. The Morgan fingerprint density at radius 1 is 1.26 bits per heavy atom. The first-order chi connectivity index (χ1) is 11.2. The molecule has 0 amide bonds. The molecule has 0 aromatic carbocycles. The molecule has 0 bridgehead atoms. The van der Waals surface area contributed by atoms with Crippen molar-refractivity contribution >= 4 is 11.6 Å². The average Bonchev–Trinajstić information content (AvgIpc) is 2.99. The molecule has 0 atom stereocenters. The van der Waals surface area contributed by atoms with Gasteiger partial charge in [-0.1, -0.05) is 11.6 Å². The number of halogens is 1. The van der Waals surface area contributed by atoms with Crippen LogP contribution in [0.15, 0.2) is 30.9 Å². The van der Waals surface area contributed by atoms with Crippen molar-refractivity contribution in [2.24, 2.45) is 5.92 Å². The van der Waals surface area contributed by atoms with Crippen LogP contribution in [0.4, 0.5) is 0 Å². The van der Waals surface area contributed by atoms with Gasteiger partial charge in [-0.25, -0.2) is 0 Å². The fraction of sp³-hybridized carbons (Fsp3) is 0.529. The number of rotatable bonds is 6. The molecule has 6 heteroatoms. The lowest BCUT2D eigenvalue weighted by Crippen LogP contribution is -2.37. The van der Waals surface area contributed by atoms with Gasteiger partial charge >= 0.3 is 0 Å². The molecule has 23 heavy (non-hydrogen) atoms. The summed E-state index contributed by atoms with van der Waals surface area (Å²) in [4.78, 5) is 6.48. The van der Waals surface area contributed by atoms with Gasteiger partial charge in [-0.15, -0.1) is 0 Å². The quantitative estimate of drug-likeness (QED) is 0.814. The van der Waals surface area contributed by atoms with Crippen LogP contribution in [0, 0.1) is 12.8 Å². The average molecular weight is 335 g/mol. The number of ether oxygens (including phenoxy) is 1. The van der Waals surface area contributed by atoms with Crippen molar-refractivity contribution in [3.05, 3.63) is 41.4 Å². The number of piperidine rings is 1. The molecule has 5 nitrogen and oxygen atoms in total. The SMILES string of the molecule is Cc1cnn(CCN2CCC(COc3ccncc3Cl)CC2)c1. The zero-order valence-electron chi connectivity index (χ0n) is 13.5. The van der Waals surface area contributed by atoms with Gasteiger partial charge in [-0.05, 0) is 44.3 Å². The number of hydrogen-bond acceptors (Lipinski definition) is 4. The second-order valence-corrected chi connectivity index (χ2v) is 6.59. The highest BCUT2D eigenvalue weighted by Gasteiger charge is 2.20. The Morgan fingerprint density at radius 2 is 2.09 bits per heavy atom. The highest BCUT2D eigenvalue weighted by Crippen LogP contribution is 2.24. The number of likely N-dealkylation sites (tertiary alicyclic amines) is 1. The van der Waals surface area contributed by atoms with Gasteiger partial charge in [0.15, 0.2) is 0 Å². The van der Waals surface area contributed by atoms with Gasteiger partial charge in [0.2, 0.25) is 0 Å². The van der Waals surface area contributed by atoms with Crippen LogP contribution in [0.25, 0.3) is 0 Å². The zero-order valence-corrected chi connectivity index (χ0v) is 14.2. The largest absolute Gasteiger partial charge is 0.492 e. The minimum atomic E-state index is 0.583. The lowest BCUT2D eigenvalue weighted by atomic mass is 9.98. The predicted molar refractivity (Wildman–Crippen MR) is 90.9 cm³/mol. The second-order valence-electron chi connectivity index (χ2n) is 6.18. The smallest absolute Gasteiger partial charge is 0.141 e. The van der Waals surface area contributed by atoms with E-state index in [1.165, 1.54) is 18.4 Å². The molecule has 124 valence electrons. The molecule has 2 aromatic heterocycles. The first-order valence-corrected chi connectivity index (χ1v) is 8.52. The second kappa shape index (κ2) is 7.79. The molecule has 3 heterocycles. The van der Waals surface area contributed by atoms with Crippen molar-refractivity contribution in [3.8, 4) is 5.75 Å². The summed E-state index contributed by atoms with van der Waals surface area (Å²) in [5.41, 5.74) is 1.22. The first kappa shape index (κ1) is 16.3. The summed E-state index contributed by atoms with van der Waals surface area (Å²) in [7, 11) is 0. The van der Waals surface area contributed by atoms with Gasteiger partial charge in [0.1, 0.15) is 10.8 Å². The topological polar surface area (TPSA) is 43.2 Å². The monoisotopic (exact) mass is 334 g/mol. The third kappa shape index (κ3) is 4.69. The van der Waals surface area contributed by atoms with Gasteiger partial charge < -0.3 is 9.64 Å². The van der Waals surface area contributed by atoms with Crippen LogP contribution in [0.1, 0.15) is 18.4 Å². The van der Waals surface area contributed by atoms with Gasteiger partial charge in [0.05, 0.1) is 19.3 Å². The molecule has 0 radical (unpaired) electrons. The van der Waals surface area contributed by atoms with Crippen molar-refractivity contribution in [1.82, 2.24) is 19.7 Å². The molecule has 3 rings (SSSR count). The maximum absolute atomic E-state index is 6.06. The fourth-order valence-electron chi connectivity index (χ4n) is 2.90. The summed E-state index contributed by atoms with van der Waals surface area (Å²) >= 11 is 6.06. The van der Waals surface area contributed by atoms with Gasteiger partial charge in [0, 0.05) is 31.2 Å². The Balaban J connectivity index is 1.37. The molecule has 1 aliphatic rings. The number of hydrogen-bond donors (Lipinski definition) is 0. The van der Waals surface area contributed by atoms with Crippen LogP contribution in [-0.4, -0.2) is 45.9 Å². The Hall–Kier alpha value is -1.59. The number of aryl methyl sites for hydroxylation is 1. The Bertz CT molecular complexity index is 623. The van der Waals surface area contributed by atoms with Crippen molar-refractivity contribution in [2.45, 2.75) is 26.3 Å². The van der Waals surface area contributed by atoms with E-state index in [1.54, 1.807) is 12.4 Å². The molecule has 0 N–H and O–H groups in total. The highest BCUT2D eigenvalue weighted by atomic mass is 35.5. The third-order valence-electron chi connectivity index (χ3n) is 4.32. The van der Waals surface area contributed by atoms with E-state index in [0.717, 1.165) is 38.5 Å². The summed E-state index contributed by atoms with van der Waals surface area (Å²) < 4.78 is 7.86. The molecule has 0 saturated carbocycles. The van der Waals surface area contributed by atoms with Gasteiger partial charge in [-0.3, -0.25) is 9.67 Å². The van der Waals surface area contributed by atoms with Crippen LogP contribution < -0.4 is 4.74 Å². The predicted octanol–water partition coefficient (Wildman–Crippen LogP) is 3.03. The van der Waals surface area contributed by atoms with E-state index in [9.17, 15) is 0 Å². The number of aromatic nitrogens is 3. The Morgan fingerprint density at radius 3 is 2.78 bits per heavy atom. The van der Waals surface area contributed by atoms with Crippen LogP contribution in [-0.2, 0) is 6.54 Å². The molecular weight excluding hydrogens is 312 g/mol. The summed E-state index contributed by atoms with van der Waals surface area (Å²) in [6.07, 6.45) is 9.67. The van der Waals surface area contributed by atoms with E-state index in [1.807, 2.05) is 16.9 Å². The van der Waals surface area contributed by atoms with E-state index >= 15 is 0 Å². The summed E-state index contributed by atoms with van der Waals surface area (Å²) in [5, 5.41) is 4.92. The maximum Gasteiger partial charge on any atom is 0.141 e. The van der Waals surface area contributed by atoms with E-state index in [0.29, 0.717) is 10.9 Å². The summed E-state index contributed by atoms with van der Waals surface area (Å²) in [6.45, 7) is 7.07. The van der Waals surface area contributed by atoms with E-state index in [4.69, 9.17) is 16.3 Å². The van der Waals surface area contributed by atoms with Crippen LogP contribution in [0.3, 0.4) is 0 Å². The Kier molecular flexibility index (Phi) is 5.51.